The van der Waals surface area contributed by atoms with Crippen LogP contribution >= 0.6 is 0 Å². The predicted octanol–water partition coefficient (Wildman–Crippen LogP) is 18.4. The van der Waals surface area contributed by atoms with Crippen molar-refractivity contribution in [3.05, 3.63) is 212 Å². The van der Waals surface area contributed by atoms with Crippen LogP contribution in [0.15, 0.2) is 169 Å². The summed E-state index contributed by atoms with van der Waals surface area (Å²) in [5.41, 5.74) is 15.7. The molecule has 6 aliphatic carbocycles. The molecular weight excluding hydrogens is 841 g/mol. The zero-order chi connectivity index (χ0) is 50.6. The average Bonchev–Trinajstić information content (AvgIpc) is 3.33. The van der Waals surface area contributed by atoms with Crippen LogP contribution in [0.3, 0.4) is 0 Å². The number of allylic oxidation sites excluding steroid dienone is 14. The van der Waals surface area contributed by atoms with Crippen LogP contribution in [0, 0.1) is 67.1 Å². The molecule has 5 atom stereocenters. The number of hydrogen-bond donors (Lipinski definition) is 0. The quantitative estimate of drug-likeness (QED) is 0.175. The zero-order valence-corrected chi connectivity index (χ0v) is 45.5. The van der Waals surface area contributed by atoms with Gasteiger partial charge in [-0.15, -0.1) is 0 Å². The monoisotopic (exact) mass is 929 g/mol. The smallest absolute Gasteiger partial charge is 0.00238 e. The molecule has 4 aromatic carbocycles. The van der Waals surface area contributed by atoms with Gasteiger partial charge in [0.25, 0.3) is 0 Å². The Bertz CT molecular complexity index is 2790. The second-order valence-corrected chi connectivity index (χ2v) is 22.9. The van der Waals surface area contributed by atoms with E-state index in [1.807, 2.05) is 0 Å². The van der Waals surface area contributed by atoms with Gasteiger partial charge in [0.05, 0.1) is 0 Å². The van der Waals surface area contributed by atoms with Crippen molar-refractivity contribution in [2.24, 2.45) is 53.3 Å². The molecule has 6 aliphatic rings. The summed E-state index contributed by atoms with van der Waals surface area (Å²) >= 11 is 0. The molecule has 1 saturated carbocycles. The van der Waals surface area contributed by atoms with Crippen molar-refractivity contribution in [2.45, 2.75) is 128 Å². The van der Waals surface area contributed by atoms with Gasteiger partial charge in [0.1, 0.15) is 0 Å². The fourth-order valence-electron chi connectivity index (χ4n) is 10.3. The van der Waals surface area contributed by atoms with Crippen LogP contribution in [0.1, 0.15) is 141 Å². The molecule has 10 rings (SSSR count). The Balaban J connectivity index is 0.000000143. The maximum atomic E-state index is 4.10. The number of fused-ring (bicyclic) bond motifs is 5. The largest absolute Gasteiger partial charge is 0.0998 e. The number of aryl methyl sites for hydroxylation is 2. The molecule has 0 radical (unpaired) electrons. The SMILES string of the molecule is C=C1C=CC2CC(C(C)C)=CC=C2C1.C=C1CCC2C=C(C(C)C)C=CC2C1.C=c1ccc2c(c1)C=CC(C(C)C)C=2.Cc1ccc2c(c1)C=CC(C(C)C)C2.Cc1ccc2cc(C(C)C)ccc2c1. The van der Waals surface area contributed by atoms with Gasteiger partial charge in [-0.3, -0.25) is 0 Å². The summed E-state index contributed by atoms with van der Waals surface area (Å²) < 4.78 is 0. The maximum Gasteiger partial charge on any atom is 0.00238 e. The van der Waals surface area contributed by atoms with E-state index in [0.29, 0.717) is 35.5 Å². The Labute approximate surface area is 426 Å². The molecule has 0 amide bonds. The molecule has 0 saturated heterocycles. The van der Waals surface area contributed by atoms with E-state index in [9.17, 15) is 0 Å². The van der Waals surface area contributed by atoms with Crippen LogP contribution in [-0.2, 0) is 6.42 Å². The average molecular weight is 929 g/mol. The van der Waals surface area contributed by atoms with E-state index in [-0.39, 0.29) is 0 Å². The summed E-state index contributed by atoms with van der Waals surface area (Å²) in [4.78, 5) is 0. The molecule has 1 fully saturated rings. The minimum absolute atomic E-state index is 0.582. The van der Waals surface area contributed by atoms with Crippen molar-refractivity contribution in [1.29, 1.82) is 0 Å². The van der Waals surface area contributed by atoms with Gasteiger partial charge in [-0.05, 0) is 161 Å². The van der Waals surface area contributed by atoms with Crippen molar-refractivity contribution in [2.75, 3.05) is 0 Å². The molecule has 0 bridgehead atoms. The van der Waals surface area contributed by atoms with Gasteiger partial charge < -0.3 is 0 Å². The second-order valence-electron chi connectivity index (χ2n) is 22.9. The summed E-state index contributed by atoms with van der Waals surface area (Å²) in [6, 6.07) is 26.5. The minimum Gasteiger partial charge on any atom is -0.0998 e. The van der Waals surface area contributed by atoms with E-state index in [4.69, 9.17) is 0 Å². The normalized spacial score (nSPS) is 21.6. The van der Waals surface area contributed by atoms with E-state index in [1.54, 1.807) is 11.1 Å². The first-order valence-corrected chi connectivity index (χ1v) is 26.9. The number of hydrogen-bond acceptors (Lipinski definition) is 0. The van der Waals surface area contributed by atoms with Crippen molar-refractivity contribution < 1.29 is 0 Å². The molecule has 0 aliphatic heterocycles. The third kappa shape index (κ3) is 15.3. The Morgan fingerprint density at radius 3 is 1.97 bits per heavy atom. The molecule has 0 aromatic heterocycles. The Kier molecular flexibility index (Phi) is 19.3. The summed E-state index contributed by atoms with van der Waals surface area (Å²) in [6.45, 7) is 39.0. The zero-order valence-electron chi connectivity index (χ0n) is 45.5. The molecule has 0 nitrogen and oxygen atoms in total. The van der Waals surface area contributed by atoms with Gasteiger partial charge in [0.2, 0.25) is 0 Å². The Morgan fingerprint density at radius 1 is 0.543 bits per heavy atom. The highest BCUT2D eigenvalue weighted by Crippen LogP contribution is 2.39. The lowest BCUT2D eigenvalue weighted by atomic mass is 9.73. The predicted molar refractivity (Wildman–Crippen MR) is 312 cm³/mol. The molecule has 70 heavy (non-hydrogen) atoms. The number of benzene rings is 4. The fraction of sp³-hybridized carbons (Fsp3) is 0.400. The van der Waals surface area contributed by atoms with Gasteiger partial charge >= 0.3 is 0 Å². The highest BCUT2D eigenvalue weighted by atomic mass is 14.3. The lowest BCUT2D eigenvalue weighted by molar-refractivity contribution is 0.386. The third-order valence-corrected chi connectivity index (χ3v) is 15.3. The summed E-state index contributed by atoms with van der Waals surface area (Å²) in [5, 5.41) is 5.12. The highest BCUT2D eigenvalue weighted by Gasteiger charge is 2.26. The first kappa shape index (κ1) is 53.9. The van der Waals surface area contributed by atoms with E-state index in [2.05, 4.69) is 249 Å². The van der Waals surface area contributed by atoms with Crippen molar-refractivity contribution in [3.8, 4) is 0 Å². The summed E-state index contributed by atoms with van der Waals surface area (Å²) in [7, 11) is 0. The minimum atomic E-state index is 0.582. The van der Waals surface area contributed by atoms with Crippen LogP contribution in [-0.4, -0.2) is 0 Å². The van der Waals surface area contributed by atoms with Crippen LogP contribution < -0.4 is 10.4 Å². The fourth-order valence-corrected chi connectivity index (χ4v) is 10.3. The summed E-state index contributed by atoms with van der Waals surface area (Å²) in [5.74, 6) is 6.91. The van der Waals surface area contributed by atoms with Crippen LogP contribution in [0.5, 0.6) is 0 Å². The van der Waals surface area contributed by atoms with E-state index < -0.39 is 0 Å². The molecule has 5 unspecified atom stereocenters. The number of rotatable bonds is 5. The van der Waals surface area contributed by atoms with E-state index in [1.165, 1.54) is 98.2 Å². The van der Waals surface area contributed by atoms with Gasteiger partial charge in [0.15, 0.2) is 0 Å². The molecule has 368 valence electrons. The lowest BCUT2D eigenvalue weighted by Gasteiger charge is -2.32. The first-order valence-electron chi connectivity index (χ1n) is 26.9. The summed E-state index contributed by atoms with van der Waals surface area (Å²) in [6.07, 6.45) is 35.1. The topological polar surface area (TPSA) is 0 Å². The van der Waals surface area contributed by atoms with Crippen molar-refractivity contribution >= 4 is 35.6 Å². The molecule has 0 spiro atoms. The second kappa shape index (κ2) is 25.1. The highest BCUT2D eigenvalue weighted by molar-refractivity contribution is 5.84. The molecule has 0 heterocycles. The van der Waals surface area contributed by atoms with Crippen LogP contribution in [0.4, 0.5) is 0 Å². The Hall–Kier alpha value is -5.46. The standard InChI is InChI=1S/C14H20.2C14H18.2C14H16/c5*1-10(2)12-6-7-13-8-11(3)4-5-14(13)9-12/h6-7,9-10,13-14H,3-5,8H2,1-2H3;4-8,10,12H,9H2,1-3H3;4-7,10,14H,3,8-9H2,1-2H3;4-10H,1-3H3;4-10,12H,3H2,1-2H3. The van der Waals surface area contributed by atoms with E-state index in [0.717, 1.165) is 35.3 Å². The molecular formula is C70H88. The van der Waals surface area contributed by atoms with Crippen LogP contribution in [0.2, 0.25) is 0 Å². The first-order chi connectivity index (χ1) is 33.3. The molecule has 4 aromatic rings. The van der Waals surface area contributed by atoms with Crippen LogP contribution in [0.25, 0.3) is 35.6 Å². The van der Waals surface area contributed by atoms with E-state index >= 15 is 0 Å². The molecule has 0 N–H and O–H groups in total. The van der Waals surface area contributed by atoms with Crippen molar-refractivity contribution in [3.63, 3.8) is 0 Å². The Morgan fingerprint density at radius 2 is 1.26 bits per heavy atom. The lowest BCUT2D eigenvalue weighted by Crippen LogP contribution is -2.20. The third-order valence-electron chi connectivity index (χ3n) is 15.3. The van der Waals surface area contributed by atoms with Gasteiger partial charge in [-0.2, -0.15) is 0 Å². The van der Waals surface area contributed by atoms with Gasteiger partial charge in [0, 0.05) is 5.92 Å². The maximum absolute atomic E-state index is 4.10. The van der Waals surface area contributed by atoms with Gasteiger partial charge in [-0.1, -0.05) is 262 Å². The molecule has 0 heteroatoms. The van der Waals surface area contributed by atoms with Gasteiger partial charge in [-0.25, -0.2) is 0 Å². The van der Waals surface area contributed by atoms with Crippen molar-refractivity contribution in [1.82, 2.24) is 0 Å².